The Morgan fingerprint density at radius 2 is 2.17 bits per heavy atom. The molecule has 3 heteroatoms. The van der Waals surface area contributed by atoms with Gasteiger partial charge in [-0.1, -0.05) is 31.2 Å². The van der Waals surface area contributed by atoms with E-state index in [2.05, 4.69) is 29.2 Å². The molecule has 18 heavy (non-hydrogen) atoms. The smallest absolute Gasteiger partial charge is 0.0664 e. The minimum atomic E-state index is -0.302. The van der Waals surface area contributed by atoms with Crippen molar-refractivity contribution in [3.05, 3.63) is 35.4 Å². The molecule has 0 aliphatic heterocycles. The third-order valence-corrected chi connectivity index (χ3v) is 3.85. The maximum absolute atomic E-state index is 9.84. The van der Waals surface area contributed by atoms with Crippen molar-refractivity contribution in [2.24, 2.45) is 0 Å². The molecule has 1 aromatic carbocycles. The molecule has 1 aliphatic carbocycles. The summed E-state index contributed by atoms with van der Waals surface area (Å²) in [5.41, 5.74) is 2.78. The van der Waals surface area contributed by atoms with E-state index in [1.54, 1.807) is 0 Å². The van der Waals surface area contributed by atoms with Gasteiger partial charge in [-0.05, 0) is 30.4 Å². The summed E-state index contributed by atoms with van der Waals surface area (Å²) in [6.07, 6.45) is 2.65. The number of hydrogen-bond donors (Lipinski definition) is 2. The largest absolute Gasteiger partial charge is 0.395 e. The summed E-state index contributed by atoms with van der Waals surface area (Å²) >= 11 is 0. The summed E-state index contributed by atoms with van der Waals surface area (Å²) < 4.78 is 0. The monoisotopic (exact) mass is 249 g/mol. The lowest BCUT2D eigenvalue weighted by molar-refractivity contribution is 0.0708. The van der Waals surface area contributed by atoms with E-state index in [9.17, 15) is 10.2 Å². The second-order valence-electron chi connectivity index (χ2n) is 5.03. The first-order chi connectivity index (χ1) is 8.76. The van der Waals surface area contributed by atoms with Gasteiger partial charge in [-0.25, -0.2) is 0 Å². The normalized spacial score (nSPS) is 20.1. The van der Waals surface area contributed by atoms with Gasteiger partial charge in [0.2, 0.25) is 0 Å². The Kier molecular flexibility index (Phi) is 4.75. The molecule has 0 spiro atoms. The van der Waals surface area contributed by atoms with E-state index in [-0.39, 0.29) is 12.7 Å². The standard InChI is InChI=1S/C15H23NO2/c1-2-13(18)11-16(9-10-17)15-8-7-12-5-3-4-6-14(12)15/h3-6,13,15,17-18H,2,7-11H2,1H3. The third kappa shape index (κ3) is 2.91. The van der Waals surface area contributed by atoms with Crippen molar-refractivity contribution in [1.29, 1.82) is 0 Å². The Balaban J connectivity index is 2.12. The Bertz CT molecular complexity index is 381. The summed E-state index contributed by atoms with van der Waals surface area (Å²) in [5, 5.41) is 19.0. The quantitative estimate of drug-likeness (QED) is 0.807. The van der Waals surface area contributed by atoms with E-state index in [0.717, 1.165) is 19.3 Å². The van der Waals surface area contributed by atoms with E-state index in [1.165, 1.54) is 11.1 Å². The van der Waals surface area contributed by atoms with Crippen LogP contribution in [0.25, 0.3) is 0 Å². The Hall–Kier alpha value is -0.900. The highest BCUT2D eigenvalue weighted by Gasteiger charge is 2.28. The average molecular weight is 249 g/mol. The van der Waals surface area contributed by atoms with E-state index < -0.39 is 0 Å². The van der Waals surface area contributed by atoms with E-state index >= 15 is 0 Å². The van der Waals surface area contributed by atoms with Crippen LogP contribution in [0.15, 0.2) is 24.3 Å². The van der Waals surface area contributed by atoms with Gasteiger partial charge in [0, 0.05) is 19.1 Å². The van der Waals surface area contributed by atoms with Crippen molar-refractivity contribution in [3.63, 3.8) is 0 Å². The number of aryl methyl sites for hydroxylation is 1. The molecule has 0 heterocycles. The van der Waals surface area contributed by atoms with Crippen LogP contribution in [0.2, 0.25) is 0 Å². The first-order valence-corrected chi connectivity index (χ1v) is 6.87. The van der Waals surface area contributed by atoms with Crippen molar-refractivity contribution >= 4 is 0 Å². The Morgan fingerprint density at radius 3 is 2.89 bits per heavy atom. The summed E-state index contributed by atoms with van der Waals surface area (Å²) in [5.74, 6) is 0. The number of aliphatic hydroxyl groups excluding tert-OH is 2. The van der Waals surface area contributed by atoms with E-state index in [4.69, 9.17) is 0 Å². The highest BCUT2D eigenvalue weighted by Crippen LogP contribution is 2.35. The van der Waals surface area contributed by atoms with Gasteiger partial charge < -0.3 is 10.2 Å². The maximum atomic E-state index is 9.84. The zero-order valence-electron chi connectivity index (χ0n) is 11.0. The van der Waals surface area contributed by atoms with Crippen molar-refractivity contribution in [2.75, 3.05) is 19.7 Å². The van der Waals surface area contributed by atoms with Crippen LogP contribution in [0.4, 0.5) is 0 Å². The molecule has 0 aromatic heterocycles. The molecule has 2 atom stereocenters. The number of nitrogens with zero attached hydrogens (tertiary/aromatic N) is 1. The van der Waals surface area contributed by atoms with Crippen molar-refractivity contribution < 1.29 is 10.2 Å². The van der Waals surface area contributed by atoms with E-state index in [1.807, 2.05) is 6.92 Å². The zero-order chi connectivity index (χ0) is 13.0. The number of fused-ring (bicyclic) bond motifs is 1. The van der Waals surface area contributed by atoms with Gasteiger partial charge in [0.1, 0.15) is 0 Å². The number of benzene rings is 1. The fraction of sp³-hybridized carbons (Fsp3) is 0.600. The van der Waals surface area contributed by atoms with Crippen LogP contribution in [0.1, 0.15) is 36.9 Å². The fourth-order valence-electron chi connectivity index (χ4n) is 2.82. The van der Waals surface area contributed by atoms with Crippen LogP contribution >= 0.6 is 0 Å². The van der Waals surface area contributed by atoms with Crippen LogP contribution in [0.5, 0.6) is 0 Å². The van der Waals surface area contributed by atoms with Gasteiger partial charge in [0.05, 0.1) is 12.7 Å². The van der Waals surface area contributed by atoms with Crippen molar-refractivity contribution in [2.45, 2.75) is 38.3 Å². The highest BCUT2D eigenvalue weighted by molar-refractivity contribution is 5.34. The molecular weight excluding hydrogens is 226 g/mol. The molecule has 3 nitrogen and oxygen atoms in total. The molecule has 0 saturated heterocycles. The van der Waals surface area contributed by atoms with Crippen LogP contribution in [0, 0.1) is 0 Å². The van der Waals surface area contributed by atoms with Crippen molar-refractivity contribution in [1.82, 2.24) is 4.90 Å². The lowest BCUT2D eigenvalue weighted by Gasteiger charge is -2.30. The second kappa shape index (κ2) is 6.32. The summed E-state index contributed by atoms with van der Waals surface area (Å²) in [6.45, 7) is 3.42. The van der Waals surface area contributed by atoms with Gasteiger partial charge in [0.15, 0.2) is 0 Å². The second-order valence-corrected chi connectivity index (χ2v) is 5.03. The lowest BCUT2D eigenvalue weighted by atomic mass is 10.1. The SMILES string of the molecule is CCC(O)CN(CCO)C1CCc2ccccc21. The van der Waals surface area contributed by atoms with Crippen LogP contribution in [-0.4, -0.2) is 40.9 Å². The molecule has 1 aliphatic rings. The summed E-state index contributed by atoms with van der Waals surface area (Å²) in [6, 6.07) is 8.87. The predicted octanol–water partition coefficient (Wildman–Crippen LogP) is 1.74. The molecule has 2 N–H and O–H groups in total. The maximum Gasteiger partial charge on any atom is 0.0664 e. The van der Waals surface area contributed by atoms with Gasteiger partial charge in [0.25, 0.3) is 0 Å². The van der Waals surface area contributed by atoms with Gasteiger partial charge >= 0.3 is 0 Å². The van der Waals surface area contributed by atoms with Gasteiger partial charge in [-0.3, -0.25) is 4.90 Å². The molecule has 0 saturated carbocycles. The lowest BCUT2D eigenvalue weighted by Crippen LogP contribution is -2.36. The van der Waals surface area contributed by atoms with Crippen LogP contribution < -0.4 is 0 Å². The zero-order valence-corrected chi connectivity index (χ0v) is 11.0. The van der Waals surface area contributed by atoms with Gasteiger partial charge in [-0.15, -0.1) is 0 Å². The summed E-state index contributed by atoms with van der Waals surface area (Å²) in [7, 11) is 0. The first-order valence-electron chi connectivity index (χ1n) is 6.87. The molecule has 2 unspecified atom stereocenters. The molecule has 2 rings (SSSR count). The topological polar surface area (TPSA) is 43.7 Å². The number of hydrogen-bond acceptors (Lipinski definition) is 3. The average Bonchev–Trinajstić information content (AvgIpc) is 2.82. The van der Waals surface area contributed by atoms with Crippen molar-refractivity contribution in [3.8, 4) is 0 Å². The number of aliphatic hydroxyl groups is 2. The highest BCUT2D eigenvalue weighted by atomic mass is 16.3. The Labute approximate surface area is 109 Å². The fourth-order valence-corrected chi connectivity index (χ4v) is 2.82. The molecule has 0 amide bonds. The molecule has 1 aromatic rings. The third-order valence-electron chi connectivity index (χ3n) is 3.85. The minimum absolute atomic E-state index is 0.148. The summed E-state index contributed by atoms with van der Waals surface area (Å²) in [4.78, 5) is 2.22. The minimum Gasteiger partial charge on any atom is -0.395 e. The molecular formula is C15H23NO2. The number of rotatable bonds is 6. The Morgan fingerprint density at radius 1 is 1.39 bits per heavy atom. The van der Waals surface area contributed by atoms with Gasteiger partial charge in [-0.2, -0.15) is 0 Å². The predicted molar refractivity (Wildman–Crippen MR) is 72.5 cm³/mol. The van der Waals surface area contributed by atoms with Crippen LogP contribution in [0.3, 0.4) is 0 Å². The first kappa shape index (κ1) is 13.5. The van der Waals surface area contributed by atoms with Crippen LogP contribution in [-0.2, 0) is 6.42 Å². The molecule has 100 valence electrons. The molecule has 0 bridgehead atoms. The molecule has 0 fully saturated rings. The molecule has 0 radical (unpaired) electrons. The van der Waals surface area contributed by atoms with E-state index in [0.29, 0.717) is 19.1 Å².